The second-order valence-corrected chi connectivity index (χ2v) is 7.44. The number of ether oxygens (including phenoxy) is 1. The van der Waals surface area contributed by atoms with E-state index in [1.165, 1.54) is 47.1 Å². The zero-order valence-corrected chi connectivity index (χ0v) is 16.6. The van der Waals surface area contributed by atoms with E-state index in [1.807, 2.05) is 18.2 Å². The summed E-state index contributed by atoms with van der Waals surface area (Å²) in [6, 6.07) is 15.7. The van der Waals surface area contributed by atoms with Crippen LogP contribution in [0, 0.1) is 21.4 Å². The van der Waals surface area contributed by atoms with Crippen LogP contribution in [-0.4, -0.2) is 21.4 Å². The van der Waals surface area contributed by atoms with Crippen molar-refractivity contribution < 1.29 is 14.5 Å². The number of nitro groups is 1. The number of para-hydroxylation sites is 1. The maximum atomic E-state index is 12.0. The van der Waals surface area contributed by atoms with E-state index in [0.29, 0.717) is 11.4 Å². The molecule has 31 heavy (non-hydrogen) atoms. The van der Waals surface area contributed by atoms with Gasteiger partial charge in [0.2, 0.25) is 0 Å². The van der Waals surface area contributed by atoms with Crippen LogP contribution in [0.1, 0.15) is 5.69 Å². The molecule has 1 aliphatic rings. The van der Waals surface area contributed by atoms with E-state index in [4.69, 9.17) is 15.7 Å². The Morgan fingerprint density at radius 3 is 2.77 bits per heavy atom. The highest BCUT2D eigenvalue weighted by atomic mass is 32.2. The summed E-state index contributed by atoms with van der Waals surface area (Å²) in [5, 5.41) is 23.6. The van der Waals surface area contributed by atoms with E-state index in [9.17, 15) is 14.9 Å². The highest BCUT2D eigenvalue weighted by Gasteiger charge is 2.34. The van der Waals surface area contributed by atoms with Crippen LogP contribution in [0.5, 0.6) is 11.5 Å². The van der Waals surface area contributed by atoms with Crippen molar-refractivity contribution in [1.82, 2.24) is 4.98 Å². The van der Waals surface area contributed by atoms with E-state index < -0.39 is 16.5 Å². The zero-order valence-electron chi connectivity index (χ0n) is 15.8. The van der Waals surface area contributed by atoms with E-state index in [0.717, 1.165) is 4.90 Å². The highest BCUT2D eigenvalue weighted by Crippen LogP contribution is 2.44. The van der Waals surface area contributed by atoms with Crippen LogP contribution in [0.2, 0.25) is 0 Å². The van der Waals surface area contributed by atoms with Gasteiger partial charge in [0.1, 0.15) is 28.9 Å². The monoisotopic (exact) mass is 434 g/mol. The topological polar surface area (TPSA) is 147 Å². The van der Waals surface area contributed by atoms with Crippen molar-refractivity contribution >= 4 is 34.9 Å². The lowest BCUT2D eigenvalue weighted by Gasteiger charge is -2.24. The van der Waals surface area contributed by atoms with Gasteiger partial charge >= 0.3 is 6.03 Å². The number of rotatable bonds is 5. The molecule has 1 atom stereocenters. The van der Waals surface area contributed by atoms with Crippen molar-refractivity contribution in [3.05, 3.63) is 76.6 Å². The maximum absolute atomic E-state index is 12.0. The number of nitro benzene ring substituents is 1. The molecule has 2 heterocycles. The largest absolute Gasteiger partial charge is 0.457 e. The predicted octanol–water partition coefficient (Wildman–Crippen LogP) is 4.04. The molecule has 0 aliphatic carbocycles. The molecule has 1 unspecified atom stereocenters. The van der Waals surface area contributed by atoms with Crippen LogP contribution in [0.4, 0.5) is 21.9 Å². The molecule has 0 spiro atoms. The molecule has 3 N–H and O–H groups in total. The molecule has 0 saturated heterocycles. The Labute approximate surface area is 180 Å². The van der Waals surface area contributed by atoms with Crippen molar-refractivity contribution in [2.45, 2.75) is 10.4 Å². The van der Waals surface area contributed by atoms with Gasteiger partial charge in [0.05, 0.1) is 16.7 Å². The Hall–Kier alpha value is -4.30. The normalized spacial score (nSPS) is 14.4. The number of hydrogen-bond donors (Lipinski definition) is 2. The fraction of sp³-hybridized carbons (Fsp3) is 0.0500. The Balaban J connectivity index is 1.61. The number of nitrogens with one attached hydrogen (secondary N) is 1. The number of amides is 2. The molecule has 2 aromatic carbocycles. The average molecular weight is 434 g/mol. The molecule has 0 bridgehead atoms. The lowest BCUT2D eigenvalue weighted by atomic mass is 10.2. The van der Waals surface area contributed by atoms with Crippen LogP contribution >= 0.6 is 11.8 Å². The number of urea groups is 1. The number of carbonyl (C=O) groups excluding carboxylic acids is 1. The first-order chi connectivity index (χ1) is 15.0. The third-order valence-corrected chi connectivity index (χ3v) is 5.51. The lowest BCUT2D eigenvalue weighted by Crippen LogP contribution is -2.43. The summed E-state index contributed by atoms with van der Waals surface area (Å²) in [7, 11) is 0. The second kappa shape index (κ2) is 8.21. The average Bonchev–Trinajstić information content (AvgIpc) is 3.13. The van der Waals surface area contributed by atoms with Crippen molar-refractivity contribution in [2.75, 3.05) is 10.2 Å². The quantitative estimate of drug-likeness (QED) is 0.451. The minimum Gasteiger partial charge on any atom is -0.457 e. The predicted molar refractivity (Wildman–Crippen MR) is 114 cm³/mol. The van der Waals surface area contributed by atoms with E-state index in [-0.39, 0.29) is 22.8 Å². The standard InChI is InChI=1S/C20H14N6O4S/c21-11-12-9-14(7-8-23-12)30-13-5-6-15(17(10-13)26(28)29)24-20-25(19(22)27)16-3-1-2-4-18(16)31-20/h1-10,20,24H,(H2,22,27). The first kappa shape index (κ1) is 20.0. The summed E-state index contributed by atoms with van der Waals surface area (Å²) in [4.78, 5) is 29.2. The molecule has 1 aromatic heterocycles. The van der Waals surface area contributed by atoms with Crippen LogP contribution in [0.25, 0.3) is 0 Å². The van der Waals surface area contributed by atoms with Crippen LogP contribution < -0.4 is 20.7 Å². The molecule has 4 rings (SSSR count). The third kappa shape index (κ3) is 4.05. The van der Waals surface area contributed by atoms with Gasteiger partial charge in [-0.2, -0.15) is 5.26 Å². The van der Waals surface area contributed by atoms with E-state index in [2.05, 4.69) is 10.3 Å². The number of carbonyl (C=O) groups is 1. The van der Waals surface area contributed by atoms with Gasteiger partial charge in [-0.3, -0.25) is 15.0 Å². The van der Waals surface area contributed by atoms with Crippen LogP contribution in [0.15, 0.2) is 65.7 Å². The highest BCUT2D eigenvalue weighted by molar-refractivity contribution is 8.00. The SMILES string of the molecule is N#Cc1cc(Oc2ccc(NC3Sc4ccccc4N3C(N)=O)c([N+](=O)[O-])c2)ccn1. The molecule has 0 fully saturated rings. The molecular formula is C20H14N6O4S. The number of pyridine rings is 1. The number of aromatic nitrogens is 1. The molecule has 0 saturated carbocycles. The van der Waals surface area contributed by atoms with Crippen LogP contribution in [0.3, 0.4) is 0 Å². The fourth-order valence-electron chi connectivity index (χ4n) is 3.04. The minimum atomic E-state index is -0.677. The number of benzene rings is 2. The molecule has 10 nitrogen and oxygen atoms in total. The fourth-order valence-corrected chi connectivity index (χ4v) is 4.23. The Kier molecular flexibility index (Phi) is 5.30. The summed E-state index contributed by atoms with van der Waals surface area (Å²) in [5.41, 5.74) is 5.63. The van der Waals surface area contributed by atoms with Gasteiger partial charge in [-0.1, -0.05) is 23.9 Å². The summed E-state index contributed by atoms with van der Waals surface area (Å²) in [6.45, 7) is 0. The second-order valence-electron chi connectivity index (χ2n) is 6.32. The lowest BCUT2D eigenvalue weighted by molar-refractivity contribution is -0.384. The molecule has 154 valence electrons. The van der Waals surface area contributed by atoms with Crippen molar-refractivity contribution in [3.63, 3.8) is 0 Å². The van der Waals surface area contributed by atoms with Gasteiger partial charge in [0, 0.05) is 17.2 Å². The smallest absolute Gasteiger partial charge is 0.321 e. The molecule has 0 radical (unpaired) electrons. The van der Waals surface area contributed by atoms with E-state index in [1.54, 1.807) is 18.2 Å². The number of anilines is 2. The van der Waals surface area contributed by atoms with E-state index >= 15 is 0 Å². The Morgan fingerprint density at radius 1 is 1.26 bits per heavy atom. The summed E-state index contributed by atoms with van der Waals surface area (Å²) < 4.78 is 5.63. The van der Waals surface area contributed by atoms with Crippen molar-refractivity contribution in [2.24, 2.45) is 5.73 Å². The summed E-state index contributed by atoms with van der Waals surface area (Å²) in [6.07, 6.45) is 1.41. The number of nitrogens with two attached hydrogens (primary N) is 1. The first-order valence-corrected chi connectivity index (χ1v) is 9.77. The maximum Gasteiger partial charge on any atom is 0.321 e. The van der Waals surface area contributed by atoms with Crippen LogP contribution in [-0.2, 0) is 0 Å². The first-order valence-electron chi connectivity index (χ1n) is 8.89. The minimum absolute atomic E-state index is 0.162. The number of fused-ring (bicyclic) bond motifs is 1. The molecule has 2 amide bonds. The molecule has 11 heteroatoms. The van der Waals surface area contributed by atoms with Crippen molar-refractivity contribution in [3.8, 4) is 17.6 Å². The van der Waals surface area contributed by atoms with Gasteiger partial charge in [-0.25, -0.2) is 9.78 Å². The molecular weight excluding hydrogens is 420 g/mol. The Bertz CT molecular complexity index is 1230. The van der Waals surface area contributed by atoms with Gasteiger partial charge in [0.15, 0.2) is 5.50 Å². The molecule has 1 aliphatic heterocycles. The summed E-state index contributed by atoms with van der Waals surface area (Å²) >= 11 is 1.32. The summed E-state index contributed by atoms with van der Waals surface area (Å²) in [5.74, 6) is 0.532. The number of nitrogens with zero attached hydrogens (tertiary/aromatic N) is 4. The van der Waals surface area contributed by atoms with Crippen molar-refractivity contribution in [1.29, 1.82) is 5.26 Å². The van der Waals surface area contributed by atoms with Gasteiger partial charge < -0.3 is 15.8 Å². The third-order valence-electron chi connectivity index (χ3n) is 4.36. The molecule has 3 aromatic rings. The number of thioether (sulfide) groups is 1. The zero-order chi connectivity index (χ0) is 22.0. The van der Waals surface area contributed by atoms with Gasteiger partial charge in [-0.15, -0.1) is 0 Å². The number of primary amides is 1. The van der Waals surface area contributed by atoms with Gasteiger partial charge in [-0.05, 0) is 30.3 Å². The Morgan fingerprint density at radius 2 is 2.03 bits per heavy atom. The number of nitriles is 1. The van der Waals surface area contributed by atoms with Gasteiger partial charge in [0.25, 0.3) is 5.69 Å². The number of hydrogen-bond acceptors (Lipinski definition) is 8.